The highest BCUT2D eigenvalue weighted by atomic mass is 19.4. The lowest BCUT2D eigenvalue weighted by molar-refractivity contribution is -0.274. The molecule has 1 aromatic heterocycles. The van der Waals surface area contributed by atoms with Crippen LogP contribution >= 0.6 is 0 Å². The molecule has 0 aliphatic carbocycles. The van der Waals surface area contributed by atoms with Gasteiger partial charge in [0.2, 0.25) is 0 Å². The van der Waals surface area contributed by atoms with Crippen molar-refractivity contribution in [2.75, 3.05) is 0 Å². The molecular weight excluding hydrogens is 257 g/mol. The molecule has 0 saturated heterocycles. The number of nitrogens with zero attached hydrogens (tertiary/aromatic N) is 2. The Hall–Kier alpha value is -2.55. The summed E-state index contributed by atoms with van der Waals surface area (Å²) in [6.07, 6.45) is -3.21. The van der Waals surface area contributed by atoms with Crippen molar-refractivity contribution in [1.29, 1.82) is 5.26 Å². The largest absolute Gasteiger partial charge is 0.573 e. The molecule has 0 radical (unpaired) electrons. The summed E-state index contributed by atoms with van der Waals surface area (Å²) in [7, 11) is 0. The predicted octanol–water partition coefficient (Wildman–Crippen LogP) is 3.52. The average Bonchev–Trinajstić information content (AvgIpc) is 2.38. The van der Waals surface area contributed by atoms with Gasteiger partial charge in [0.25, 0.3) is 0 Å². The number of alkyl halides is 3. The second-order valence-electron chi connectivity index (χ2n) is 3.58. The Morgan fingerprint density at radius 2 is 1.79 bits per heavy atom. The first kappa shape index (κ1) is 12.9. The Morgan fingerprint density at radius 1 is 1.11 bits per heavy atom. The number of pyridine rings is 1. The van der Waals surface area contributed by atoms with E-state index in [1.54, 1.807) is 12.1 Å². The van der Waals surface area contributed by atoms with Gasteiger partial charge in [-0.25, -0.2) is 0 Å². The smallest absolute Gasteiger partial charge is 0.406 e. The second-order valence-corrected chi connectivity index (χ2v) is 3.58. The van der Waals surface area contributed by atoms with Crippen LogP contribution in [0.25, 0.3) is 11.3 Å². The highest BCUT2D eigenvalue weighted by Crippen LogP contribution is 2.26. The molecule has 1 heterocycles. The van der Waals surface area contributed by atoms with E-state index in [0.717, 1.165) is 0 Å². The maximum atomic E-state index is 12.0. The summed E-state index contributed by atoms with van der Waals surface area (Å²) < 4.78 is 39.8. The highest BCUT2D eigenvalue weighted by molar-refractivity contribution is 5.66. The molecule has 0 aliphatic rings. The molecule has 0 aliphatic heterocycles. The molecule has 0 atom stereocenters. The van der Waals surface area contributed by atoms with Crippen LogP contribution in [0.1, 0.15) is 5.56 Å². The van der Waals surface area contributed by atoms with Gasteiger partial charge in [0.1, 0.15) is 11.8 Å². The van der Waals surface area contributed by atoms with Crippen molar-refractivity contribution in [3.63, 3.8) is 0 Å². The third-order valence-corrected chi connectivity index (χ3v) is 2.29. The summed E-state index contributed by atoms with van der Waals surface area (Å²) in [6, 6.07) is 10.4. The van der Waals surface area contributed by atoms with E-state index in [9.17, 15) is 13.2 Å². The number of rotatable bonds is 2. The molecule has 6 heteroatoms. The summed E-state index contributed by atoms with van der Waals surface area (Å²) >= 11 is 0. The Balaban J connectivity index is 2.31. The third-order valence-electron chi connectivity index (χ3n) is 2.29. The number of ether oxygens (including phenoxy) is 1. The van der Waals surface area contributed by atoms with Crippen LogP contribution in [0, 0.1) is 11.3 Å². The molecule has 3 nitrogen and oxygen atoms in total. The van der Waals surface area contributed by atoms with Gasteiger partial charge in [-0.15, -0.1) is 13.2 Å². The molecule has 96 valence electrons. The third kappa shape index (κ3) is 3.22. The number of nitriles is 1. The van der Waals surface area contributed by atoms with Gasteiger partial charge in [0.15, 0.2) is 0 Å². The molecular formula is C13H7F3N2O. The van der Waals surface area contributed by atoms with Crippen molar-refractivity contribution in [2.24, 2.45) is 0 Å². The lowest BCUT2D eigenvalue weighted by Crippen LogP contribution is -2.16. The zero-order chi connectivity index (χ0) is 13.9. The predicted molar refractivity (Wildman–Crippen MR) is 61.1 cm³/mol. The Labute approximate surface area is 106 Å². The van der Waals surface area contributed by atoms with E-state index in [-0.39, 0.29) is 5.75 Å². The minimum atomic E-state index is -4.72. The highest BCUT2D eigenvalue weighted by Gasteiger charge is 2.30. The summed E-state index contributed by atoms with van der Waals surface area (Å²) in [5.41, 5.74) is 1.32. The maximum Gasteiger partial charge on any atom is 0.573 e. The number of aromatic nitrogens is 1. The second kappa shape index (κ2) is 4.98. The van der Waals surface area contributed by atoms with Crippen molar-refractivity contribution in [2.45, 2.75) is 6.36 Å². The van der Waals surface area contributed by atoms with Gasteiger partial charge in [-0.2, -0.15) is 5.26 Å². The minimum Gasteiger partial charge on any atom is -0.406 e. The van der Waals surface area contributed by atoms with Gasteiger partial charge in [-0.3, -0.25) is 4.98 Å². The number of halogens is 3. The van der Waals surface area contributed by atoms with E-state index in [4.69, 9.17) is 5.26 Å². The van der Waals surface area contributed by atoms with Crippen LogP contribution in [-0.4, -0.2) is 11.3 Å². The zero-order valence-corrected chi connectivity index (χ0v) is 9.48. The fourth-order valence-corrected chi connectivity index (χ4v) is 1.54. The number of hydrogen-bond acceptors (Lipinski definition) is 3. The van der Waals surface area contributed by atoms with Crippen LogP contribution in [0.15, 0.2) is 42.6 Å². The quantitative estimate of drug-likeness (QED) is 0.833. The first-order valence-electron chi connectivity index (χ1n) is 5.21. The molecule has 0 N–H and O–H groups in total. The molecule has 0 fully saturated rings. The normalized spacial score (nSPS) is 10.8. The van der Waals surface area contributed by atoms with Crippen LogP contribution in [0.3, 0.4) is 0 Å². The van der Waals surface area contributed by atoms with Gasteiger partial charge in [-0.1, -0.05) is 0 Å². The van der Waals surface area contributed by atoms with E-state index in [0.29, 0.717) is 16.8 Å². The van der Waals surface area contributed by atoms with Crippen molar-refractivity contribution in [3.8, 4) is 23.1 Å². The van der Waals surface area contributed by atoms with Gasteiger partial charge in [0.05, 0.1) is 11.3 Å². The molecule has 0 bridgehead atoms. The molecule has 2 rings (SSSR count). The van der Waals surface area contributed by atoms with Gasteiger partial charge >= 0.3 is 6.36 Å². The fourth-order valence-electron chi connectivity index (χ4n) is 1.54. The topological polar surface area (TPSA) is 45.9 Å². The number of benzene rings is 1. The molecule has 0 amide bonds. The van der Waals surface area contributed by atoms with Gasteiger partial charge in [-0.05, 0) is 36.4 Å². The molecule has 0 unspecified atom stereocenters. The van der Waals surface area contributed by atoms with Crippen molar-refractivity contribution >= 4 is 0 Å². The molecule has 1 aromatic carbocycles. The lowest BCUT2D eigenvalue weighted by Gasteiger charge is -2.09. The van der Waals surface area contributed by atoms with Crippen LogP contribution in [0.2, 0.25) is 0 Å². The molecule has 0 spiro atoms. The molecule has 19 heavy (non-hydrogen) atoms. The maximum absolute atomic E-state index is 12.0. The van der Waals surface area contributed by atoms with Crippen molar-refractivity contribution in [1.82, 2.24) is 4.98 Å². The first-order chi connectivity index (χ1) is 8.99. The van der Waals surface area contributed by atoms with E-state index in [1.165, 1.54) is 30.5 Å². The Morgan fingerprint density at radius 3 is 2.37 bits per heavy atom. The fraction of sp³-hybridized carbons (Fsp3) is 0.0769. The van der Waals surface area contributed by atoms with Crippen LogP contribution in [0.5, 0.6) is 5.75 Å². The van der Waals surface area contributed by atoms with Crippen molar-refractivity contribution < 1.29 is 17.9 Å². The number of hydrogen-bond donors (Lipinski definition) is 0. The van der Waals surface area contributed by atoms with E-state index >= 15 is 0 Å². The standard InChI is InChI=1S/C13H7F3N2O/c14-13(15,16)19-11-5-3-9(4-6-11)12-10(8-17)2-1-7-18-12/h1-7H. The van der Waals surface area contributed by atoms with Crippen LogP contribution in [0.4, 0.5) is 13.2 Å². The Bertz CT molecular complexity index is 615. The van der Waals surface area contributed by atoms with E-state index in [1.807, 2.05) is 6.07 Å². The Kier molecular flexibility index (Phi) is 3.38. The molecule has 2 aromatic rings. The van der Waals surface area contributed by atoms with Gasteiger partial charge in [0, 0.05) is 11.8 Å². The summed E-state index contributed by atoms with van der Waals surface area (Å²) in [5.74, 6) is -0.314. The SMILES string of the molecule is N#Cc1cccnc1-c1ccc(OC(F)(F)F)cc1. The van der Waals surface area contributed by atoms with Crippen molar-refractivity contribution in [3.05, 3.63) is 48.2 Å². The summed E-state index contributed by atoms with van der Waals surface area (Å²) in [6.45, 7) is 0. The van der Waals surface area contributed by atoms with Crippen LogP contribution < -0.4 is 4.74 Å². The van der Waals surface area contributed by atoms with E-state index < -0.39 is 6.36 Å². The minimum absolute atomic E-state index is 0.314. The van der Waals surface area contributed by atoms with Crippen LogP contribution in [-0.2, 0) is 0 Å². The first-order valence-corrected chi connectivity index (χ1v) is 5.21. The molecule has 0 saturated carbocycles. The van der Waals surface area contributed by atoms with Gasteiger partial charge < -0.3 is 4.74 Å². The monoisotopic (exact) mass is 264 g/mol. The lowest BCUT2D eigenvalue weighted by atomic mass is 10.1. The van der Waals surface area contributed by atoms with E-state index in [2.05, 4.69) is 9.72 Å². The summed E-state index contributed by atoms with van der Waals surface area (Å²) in [4.78, 5) is 4.04. The zero-order valence-electron chi connectivity index (χ0n) is 9.48. The average molecular weight is 264 g/mol. The summed E-state index contributed by atoms with van der Waals surface area (Å²) in [5, 5.41) is 8.92.